The summed E-state index contributed by atoms with van der Waals surface area (Å²) in [6.45, 7) is -0.501. The summed E-state index contributed by atoms with van der Waals surface area (Å²) in [5.41, 5.74) is 3.00. The van der Waals surface area contributed by atoms with Crippen LogP contribution in [0.25, 0.3) is 22.4 Å². The minimum Gasteiger partial charge on any atom is -0.388 e. The number of rotatable bonds is 3. The molecule has 1 heterocycles. The van der Waals surface area contributed by atoms with Crippen molar-refractivity contribution in [3.63, 3.8) is 0 Å². The maximum atomic E-state index is 11.6. The molecule has 2 aromatic carbocycles. The highest BCUT2D eigenvalue weighted by molar-refractivity contribution is 6.30. The zero-order valence-corrected chi connectivity index (χ0v) is 12.1. The zero-order chi connectivity index (χ0) is 15.0. The van der Waals surface area contributed by atoms with Crippen molar-refractivity contribution in [1.82, 2.24) is 9.55 Å². The Bertz CT molecular complexity index is 839. The Morgan fingerprint density at radius 3 is 2.81 bits per heavy atom. The average molecular weight is 301 g/mol. The Balaban J connectivity index is 2.17. The second-order valence-corrected chi connectivity index (χ2v) is 5.23. The van der Waals surface area contributed by atoms with E-state index in [1.54, 1.807) is 12.1 Å². The maximum absolute atomic E-state index is 11.6. The van der Waals surface area contributed by atoms with Crippen molar-refractivity contribution in [1.29, 1.82) is 0 Å². The summed E-state index contributed by atoms with van der Waals surface area (Å²) in [6, 6.07) is 12.7. The van der Waals surface area contributed by atoms with Crippen LogP contribution in [0.15, 0.2) is 42.5 Å². The summed E-state index contributed by atoms with van der Waals surface area (Å²) in [6.07, 6.45) is 0. The number of fused-ring (bicyclic) bond motifs is 1. The molecule has 0 spiro atoms. The first-order chi connectivity index (χ1) is 10.1. The molecule has 21 heavy (non-hydrogen) atoms. The molecule has 3 aromatic rings. The average Bonchev–Trinajstić information content (AvgIpc) is 2.83. The number of halogens is 1. The van der Waals surface area contributed by atoms with E-state index >= 15 is 0 Å². The van der Waals surface area contributed by atoms with Crippen LogP contribution in [0.5, 0.6) is 0 Å². The number of nitrogens with zero attached hydrogens (tertiary/aromatic N) is 2. The number of aliphatic hydroxyl groups excluding tert-OH is 1. The third-order valence-corrected chi connectivity index (χ3v) is 3.66. The van der Waals surface area contributed by atoms with Crippen molar-refractivity contribution < 1.29 is 9.90 Å². The minimum absolute atomic E-state index is 0.313. The molecule has 0 aliphatic heterocycles. The highest BCUT2D eigenvalue weighted by Gasteiger charge is 2.12. The van der Waals surface area contributed by atoms with Gasteiger partial charge in [0, 0.05) is 23.2 Å². The smallest absolute Gasteiger partial charge is 0.188 e. The van der Waals surface area contributed by atoms with Crippen molar-refractivity contribution in [3.05, 3.63) is 53.1 Å². The van der Waals surface area contributed by atoms with Gasteiger partial charge in [0.05, 0.1) is 11.0 Å². The van der Waals surface area contributed by atoms with E-state index in [2.05, 4.69) is 4.98 Å². The number of aryl methyl sites for hydroxylation is 1. The number of carbonyl (C=O) groups excluding carboxylic acids is 1. The molecule has 4 nitrogen and oxygen atoms in total. The van der Waals surface area contributed by atoms with E-state index in [0.29, 0.717) is 16.1 Å². The van der Waals surface area contributed by atoms with Crippen LogP contribution in [0, 0.1) is 0 Å². The fourth-order valence-electron chi connectivity index (χ4n) is 2.35. The number of imidazole rings is 1. The molecule has 5 heteroatoms. The van der Waals surface area contributed by atoms with Gasteiger partial charge in [-0.15, -0.1) is 0 Å². The number of hydrogen-bond donors (Lipinski definition) is 1. The number of benzene rings is 2. The Morgan fingerprint density at radius 2 is 2.10 bits per heavy atom. The highest BCUT2D eigenvalue weighted by Crippen LogP contribution is 2.26. The third kappa shape index (κ3) is 2.44. The summed E-state index contributed by atoms with van der Waals surface area (Å²) in [4.78, 5) is 16.1. The second-order valence-electron chi connectivity index (χ2n) is 4.79. The quantitative estimate of drug-likeness (QED) is 0.756. The monoisotopic (exact) mass is 300 g/mol. The minimum atomic E-state index is -0.501. The van der Waals surface area contributed by atoms with Crippen LogP contribution in [-0.4, -0.2) is 27.0 Å². The first-order valence-electron chi connectivity index (χ1n) is 6.46. The van der Waals surface area contributed by atoms with Crippen molar-refractivity contribution >= 4 is 28.4 Å². The third-order valence-electron chi connectivity index (χ3n) is 3.43. The zero-order valence-electron chi connectivity index (χ0n) is 11.4. The number of aromatic nitrogens is 2. The molecule has 0 saturated carbocycles. The van der Waals surface area contributed by atoms with E-state index in [9.17, 15) is 4.79 Å². The van der Waals surface area contributed by atoms with Crippen LogP contribution < -0.4 is 0 Å². The van der Waals surface area contributed by atoms with Gasteiger partial charge in [-0.3, -0.25) is 4.79 Å². The molecular formula is C16H13ClN2O2. The van der Waals surface area contributed by atoms with Gasteiger partial charge in [0.1, 0.15) is 12.4 Å². The number of ketones is 1. The molecule has 3 rings (SSSR count). The fraction of sp³-hybridized carbons (Fsp3) is 0.125. The predicted molar refractivity (Wildman–Crippen MR) is 82.6 cm³/mol. The van der Waals surface area contributed by atoms with Gasteiger partial charge in [0.2, 0.25) is 0 Å². The van der Waals surface area contributed by atoms with Gasteiger partial charge in [0.25, 0.3) is 0 Å². The van der Waals surface area contributed by atoms with Crippen LogP contribution >= 0.6 is 11.6 Å². The lowest BCUT2D eigenvalue weighted by atomic mass is 10.1. The molecule has 0 aliphatic carbocycles. The van der Waals surface area contributed by atoms with Crippen molar-refractivity contribution in [3.8, 4) is 11.4 Å². The molecule has 0 fully saturated rings. The van der Waals surface area contributed by atoms with Crippen LogP contribution in [-0.2, 0) is 7.05 Å². The van der Waals surface area contributed by atoms with Crippen LogP contribution in [0.4, 0.5) is 0 Å². The maximum Gasteiger partial charge on any atom is 0.188 e. The lowest BCUT2D eigenvalue weighted by molar-refractivity contribution is 0.0904. The molecule has 106 valence electrons. The fourth-order valence-corrected chi connectivity index (χ4v) is 2.54. The van der Waals surface area contributed by atoms with Crippen LogP contribution in [0.3, 0.4) is 0 Å². The van der Waals surface area contributed by atoms with Crippen LogP contribution in [0.2, 0.25) is 5.02 Å². The van der Waals surface area contributed by atoms with E-state index < -0.39 is 6.61 Å². The molecule has 1 N–H and O–H groups in total. The standard InChI is InChI=1S/C16H13ClN2O2/c1-19-14-6-5-10(15(21)9-20)8-13(14)18-16(19)11-3-2-4-12(17)7-11/h2-8,20H,9H2,1H3. The predicted octanol–water partition coefficient (Wildman–Crippen LogP) is 3.07. The second kappa shape index (κ2) is 5.31. The number of hydrogen-bond acceptors (Lipinski definition) is 3. The van der Waals surface area contributed by atoms with E-state index in [4.69, 9.17) is 16.7 Å². The summed E-state index contributed by atoms with van der Waals surface area (Å²) >= 11 is 6.02. The molecule has 0 aliphatic rings. The van der Waals surface area contributed by atoms with E-state index in [1.165, 1.54) is 0 Å². The molecule has 0 saturated heterocycles. The normalized spacial score (nSPS) is 11.0. The Kier molecular flexibility index (Phi) is 3.49. The van der Waals surface area contributed by atoms with Crippen molar-refractivity contribution in [2.45, 2.75) is 0 Å². The van der Waals surface area contributed by atoms with E-state index in [-0.39, 0.29) is 5.78 Å². The van der Waals surface area contributed by atoms with Gasteiger partial charge in [-0.05, 0) is 30.3 Å². The first kappa shape index (κ1) is 13.8. The summed E-state index contributed by atoms with van der Waals surface area (Å²) < 4.78 is 1.95. The molecule has 0 radical (unpaired) electrons. The topological polar surface area (TPSA) is 55.1 Å². The van der Waals surface area contributed by atoms with Gasteiger partial charge in [-0.1, -0.05) is 23.7 Å². The molecule has 1 aromatic heterocycles. The van der Waals surface area contributed by atoms with E-state index in [1.807, 2.05) is 41.9 Å². The van der Waals surface area contributed by atoms with Gasteiger partial charge < -0.3 is 9.67 Å². The number of aliphatic hydroxyl groups is 1. The number of Topliss-reactive ketones (excluding diaryl/α,β-unsaturated/α-hetero) is 1. The summed E-state index contributed by atoms with van der Waals surface area (Å²) in [5, 5.41) is 9.59. The van der Waals surface area contributed by atoms with E-state index in [0.717, 1.165) is 16.9 Å². The lowest BCUT2D eigenvalue weighted by Crippen LogP contribution is -2.03. The lowest BCUT2D eigenvalue weighted by Gasteiger charge is -2.03. The summed E-state index contributed by atoms with van der Waals surface area (Å²) in [7, 11) is 1.92. The first-order valence-corrected chi connectivity index (χ1v) is 6.84. The summed E-state index contributed by atoms with van der Waals surface area (Å²) in [5.74, 6) is 0.466. The number of carbonyl (C=O) groups is 1. The largest absolute Gasteiger partial charge is 0.388 e. The Hall–Kier alpha value is -2.17. The molecule has 0 amide bonds. The van der Waals surface area contributed by atoms with Crippen molar-refractivity contribution in [2.24, 2.45) is 7.05 Å². The molecule has 0 bridgehead atoms. The van der Waals surface area contributed by atoms with Crippen LogP contribution in [0.1, 0.15) is 10.4 Å². The van der Waals surface area contributed by atoms with Gasteiger partial charge in [0.15, 0.2) is 5.78 Å². The Morgan fingerprint density at radius 1 is 1.29 bits per heavy atom. The van der Waals surface area contributed by atoms with Gasteiger partial charge in [-0.25, -0.2) is 4.98 Å². The molecular weight excluding hydrogens is 288 g/mol. The Labute approximate surface area is 126 Å². The highest BCUT2D eigenvalue weighted by atomic mass is 35.5. The molecule has 0 atom stereocenters. The van der Waals surface area contributed by atoms with Crippen molar-refractivity contribution in [2.75, 3.05) is 6.61 Å². The van der Waals surface area contributed by atoms with Gasteiger partial charge in [-0.2, -0.15) is 0 Å². The SMILES string of the molecule is Cn1c(-c2cccc(Cl)c2)nc2cc(C(=O)CO)ccc21. The molecule has 0 unspecified atom stereocenters. The van der Waals surface area contributed by atoms with Gasteiger partial charge >= 0.3 is 0 Å².